The van der Waals surface area contributed by atoms with E-state index < -0.39 is 47.4 Å². The van der Waals surface area contributed by atoms with Crippen LogP contribution in [0.5, 0.6) is 0 Å². The maximum atomic E-state index is 12.7. The summed E-state index contributed by atoms with van der Waals surface area (Å²) in [5, 5.41) is 2.31. The molecule has 24 heavy (non-hydrogen) atoms. The molecule has 7 amide bonds. The third-order valence-corrected chi connectivity index (χ3v) is 4.14. The lowest BCUT2D eigenvalue weighted by atomic mass is 10.00. The molecular formula is C14H18N4O6. The van der Waals surface area contributed by atoms with E-state index in [9.17, 15) is 28.8 Å². The van der Waals surface area contributed by atoms with E-state index in [1.54, 1.807) is 0 Å². The van der Waals surface area contributed by atoms with Crippen molar-refractivity contribution in [3.63, 3.8) is 0 Å². The molecule has 0 aliphatic carbocycles. The molecule has 1 N–H and O–H groups in total. The molecule has 0 saturated carbocycles. The number of ketones is 1. The Morgan fingerprint density at radius 3 is 1.96 bits per heavy atom. The van der Waals surface area contributed by atoms with E-state index in [0.717, 1.165) is 13.8 Å². The summed E-state index contributed by atoms with van der Waals surface area (Å²) in [4.78, 5) is 75.6. The van der Waals surface area contributed by atoms with Gasteiger partial charge in [-0.1, -0.05) is 13.8 Å². The van der Waals surface area contributed by atoms with Crippen molar-refractivity contribution in [2.24, 2.45) is 0 Å². The van der Waals surface area contributed by atoms with E-state index in [2.05, 4.69) is 5.32 Å². The van der Waals surface area contributed by atoms with Gasteiger partial charge in [-0.15, -0.1) is 0 Å². The van der Waals surface area contributed by atoms with Gasteiger partial charge in [-0.2, -0.15) is 0 Å². The number of imide groups is 3. The van der Waals surface area contributed by atoms with Crippen LogP contribution in [-0.2, 0) is 19.2 Å². The maximum absolute atomic E-state index is 12.7. The highest BCUT2D eigenvalue weighted by molar-refractivity contribution is 6.15. The zero-order chi connectivity index (χ0) is 18.4. The first-order valence-electron chi connectivity index (χ1n) is 7.47. The summed E-state index contributed by atoms with van der Waals surface area (Å²) in [6, 6.07) is -1.97. The Hall–Kier alpha value is -2.78. The van der Waals surface area contributed by atoms with Crippen LogP contribution in [0.25, 0.3) is 0 Å². The molecule has 2 saturated heterocycles. The second-order valence-corrected chi connectivity index (χ2v) is 5.47. The van der Waals surface area contributed by atoms with Gasteiger partial charge in [-0.05, 0) is 6.92 Å². The van der Waals surface area contributed by atoms with Crippen LogP contribution >= 0.6 is 0 Å². The van der Waals surface area contributed by atoms with Gasteiger partial charge < -0.3 is 5.32 Å². The van der Waals surface area contributed by atoms with Crippen molar-refractivity contribution in [2.45, 2.75) is 52.4 Å². The van der Waals surface area contributed by atoms with E-state index >= 15 is 0 Å². The summed E-state index contributed by atoms with van der Waals surface area (Å²) in [5.41, 5.74) is -2.20. The van der Waals surface area contributed by atoms with E-state index in [4.69, 9.17) is 0 Å². The minimum atomic E-state index is -2.20. The topological polar surface area (TPSA) is 124 Å². The Kier molecular flexibility index (Phi) is 4.17. The van der Waals surface area contributed by atoms with Gasteiger partial charge in [-0.25, -0.2) is 24.3 Å². The predicted octanol–water partition coefficient (Wildman–Crippen LogP) is -0.220. The Bertz CT molecular complexity index is 674. The highest BCUT2D eigenvalue weighted by atomic mass is 16.2. The van der Waals surface area contributed by atoms with E-state index in [0.29, 0.717) is 14.7 Å². The fourth-order valence-corrected chi connectivity index (χ4v) is 3.16. The van der Waals surface area contributed by atoms with Crippen LogP contribution in [0.15, 0.2) is 0 Å². The molecule has 0 bridgehead atoms. The SMILES string of the molecule is CCC(=O)N1C(=O)N(C(=O)CC)C2(C(C)=O)C1NC(=O)N2C(C)=O. The molecule has 10 nitrogen and oxygen atoms in total. The number of hydrogen-bond acceptors (Lipinski definition) is 6. The van der Waals surface area contributed by atoms with Gasteiger partial charge in [0.15, 0.2) is 11.9 Å². The van der Waals surface area contributed by atoms with Crippen molar-refractivity contribution in [1.29, 1.82) is 0 Å². The molecule has 0 radical (unpaired) electrons. The second-order valence-electron chi connectivity index (χ2n) is 5.47. The standard InChI is InChI=1S/C14H18N4O6/c1-5-9(21)16-11-14(7(3)19,17(8(4)20)12(23)15-11)18(13(16)24)10(22)6-2/h11H,5-6H2,1-4H3,(H,15,23). The lowest BCUT2D eigenvalue weighted by Gasteiger charge is -2.37. The summed E-state index contributed by atoms with van der Waals surface area (Å²) in [5.74, 6) is -3.04. The minimum absolute atomic E-state index is 0.0830. The van der Waals surface area contributed by atoms with Crippen LogP contribution in [0.4, 0.5) is 9.59 Å². The molecule has 2 unspecified atom stereocenters. The Balaban J connectivity index is 2.78. The van der Waals surface area contributed by atoms with Crippen LogP contribution < -0.4 is 5.32 Å². The third-order valence-electron chi connectivity index (χ3n) is 4.14. The lowest BCUT2D eigenvalue weighted by molar-refractivity contribution is -0.154. The molecule has 130 valence electrons. The summed E-state index contributed by atoms with van der Waals surface area (Å²) in [6.45, 7) is 5.06. The van der Waals surface area contributed by atoms with Gasteiger partial charge >= 0.3 is 12.1 Å². The first-order chi connectivity index (χ1) is 11.2. The largest absolute Gasteiger partial charge is 0.337 e. The zero-order valence-electron chi connectivity index (χ0n) is 13.8. The quantitative estimate of drug-likeness (QED) is 0.758. The maximum Gasteiger partial charge on any atom is 0.337 e. The smallest absolute Gasteiger partial charge is 0.312 e. The first-order valence-corrected chi connectivity index (χ1v) is 7.47. The Morgan fingerprint density at radius 1 is 1.00 bits per heavy atom. The second kappa shape index (κ2) is 5.69. The van der Waals surface area contributed by atoms with Crippen molar-refractivity contribution < 1.29 is 28.8 Å². The highest BCUT2D eigenvalue weighted by Crippen LogP contribution is 2.40. The van der Waals surface area contributed by atoms with Crippen LogP contribution in [0, 0.1) is 0 Å². The van der Waals surface area contributed by atoms with Gasteiger partial charge in [0.05, 0.1) is 0 Å². The average Bonchev–Trinajstić information content (AvgIpc) is 2.93. The van der Waals surface area contributed by atoms with Gasteiger partial charge in [0.1, 0.15) is 0 Å². The number of nitrogens with zero attached hydrogens (tertiary/aromatic N) is 3. The molecule has 2 aliphatic rings. The molecule has 0 aromatic carbocycles. The Labute approximate surface area is 137 Å². The molecule has 0 aromatic heterocycles. The highest BCUT2D eigenvalue weighted by Gasteiger charge is 2.73. The fraction of sp³-hybridized carbons (Fsp3) is 0.571. The average molecular weight is 338 g/mol. The molecule has 2 atom stereocenters. The molecule has 2 heterocycles. The van der Waals surface area contributed by atoms with E-state index in [1.165, 1.54) is 13.8 Å². The van der Waals surface area contributed by atoms with Crippen LogP contribution in [0.2, 0.25) is 0 Å². The number of nitrogens with one attached hydrogen (secondary N) is 1. The Morgan fingerprint density at radius 2 is 1.54 bits per heavy atom. The number of rotatable bonds is 3. The predicted molar refractivity (Wildman–Crippen MR) is 77.9 cm³/mol. The normalized spacial score (nSPS) is 25.7. The van der Waals surface area contributed by atoms with Crippen molar-refractivity contribution in [2.75, 3.05) is 0 Å². The van der Waals surface area contributed by atoms with Gasteiger partial charge in [0, 0.05) is 19.8 Å². The van der Waals surface area contributed by atoms with Gasteiger partial charge in [0.2, 0.25) is 23.4 Å². The summed E-state index contributed by atoms with van der Waals surface area (Å²) >= 11 is 0. The summed E-state index contributed by atoms with van der Waals surface area (Å²) in [6.07, 6.45) is -1.68. The lowest BCUT2D eigenvalue weighted by Crippen LogP contribution is -2.66. The molecular weight excluding hydrogens is 320 g/mol. The number of Topliss-reactive ketones (excluding diaryl/α,β-unsaturated/α-hetero) is 1. The van der Waals surface area contributed by atoms with E-state index in [1.807, 2.05) is 0 Å². The van der Waals surface area contributed by atoms with Crippen molar-refractivity contribution in [3.8, 4) is 0 Å². The first kappa shape index (κ1) is 17.6. The number of hydrogen-bond donors (Lipinski definition) is 1. The van der Waals surface area contributed by atoms with E-state index in [-0.39, 0.29) is 12.8 Å². The van der Waals surface area contributed by atoms with Crippen molar-refractivity contribution in [3.05, 3.63) is 0 Å². The van der Waals surface area contributed by atoms with Crippen molar-refractivity contribution >= 4 is 35.6 Å². The van der Waals surface area contributed by atoms with Crippen LogP contribution in [-0.4, -0.2) is 62.1 Å². The molecule has 0 spiro atoms. The molecule has 2 rings (SSSR count). The van der Waals surface area contributed by atoms with Crippen LogP contribution in [0.3, 0.4) is 0 Å². The third kappa shape index (κ3) is 1.95. The number of urea groups is 2. The molecule has 2 aliphatic heterocycles. The number of fused-ring (bicyclic) bond motifs is 1. The molecule has 10 heteroatoms. The van der Waals surface area contributed by atoms with Crippen molar-refractivity contribution in [1.82, 2.24) is 20.0 Å². The van der Waals surface area contributed by atoms with Gasteiger partial charge in [0.25, 0.3) is 0 Å². The van der Waals surface area contributed by atoms with Crippen LogP contribution in [0.1, 0.15) is 40.5 Å². The summed E-state index contributed by atoms with van der Waals surface area (Å²) in [7, 11) is 0. The zero-order valence-corrected chi connectivity index (χ0v) is 13.8. The monoisotopic (exact) mass is 338 g/mol. The molecule has 2 fully saturated rings. The summed E-state index contributed by atoms with van der Waals surface area (Å²) < 4.78 is 0. The minimum Gasteiger partial charge on any atom is -0.312 e. The number of carbonyl (C=O) groups excluding carboxylic acids is 6. The molecule has 0 aromatic rings. The number of amides is 7. The fourth-order valence-electron chi connectivity index (χ4n) is 3.16. The number of carbonyl (C=O) groups is 6. The van der Waals surface area contributed by atoms with Gasteiger partial charge in [-0.3, -0.25) is 19.2 Å².